The van der Waals surface area contributed by atoms with Crippen LogP contribution < -0.4 is 10.2 Å². The molecule has 0 aliphatic carbocycles. The van der Waals surface area contributed by atoms with Crippen LogP contribution in [0.4, 0.5) is 22.0 Å². The third kappa shape index (κ3) is 3.73. The van der Waals surface area contributed by atoms with Gasteiger partial charge in [-0.05, 0) is 31.2 Å². The molecule has 0 radical (unpaired) electrons. The van der Waals surface area contributed by atoms with Crippen molar-refractivity contribution in [3.63, 3.8) is 0 Å². The SMILES string of the molecule is Cc1cc(Nc2nc(N3CCN(C(=O)c4c(F)cccc4Cl)CC3)nn3cccc23)n[nH]1. The second-order valence-corrected chi connectivity index (χ2v) is 7.94. The summed E-state index contributed by atoms with van der Waals surface area (Å²) in [6, 6.07) is 9.94. The lowest BCUT2D eigenvalue weighted by Crippen LogP contribution is -2.49. The number of hydrogen-bond acceptors (Lipinski definition) is 6. The monoisotopic (exact) mass is 454 g/mol. The third-order valence-electron chi connectivity index (χ3n) is 5.36. The maximum Gasteiger partial charge on any atom is 0.258 e. The van der Waals surface area contributed by atoms with Crippen molar-refractivity contribution in [3.05, 3.63) is 64.7 Å². The highest BCUT2D eigenvalue weighted by molar-refractivity contribution is 6.33. The van der Waals surface area contributed by atoms with Gasteiger partial charge < -0.3 is 15.1 Å². The number of nitrogens with one attached hydrogen (secondary N) is 2. The van der Waals surface area contributed by atoms with Crippen LogP contribution in [-0.2, 0) is 0 Å². The summed E-state index contributed by atoms with van der Waals surface area (Å²) in [7, 11) is 0. The van der Waals surface area contributed by atoms with E-state index >= 15 is 0 Å². The summed E-state index contributed by atoms with van der Waals surface area (Å²) in [5, 5.41) is 15.1. The Bertz CT molecular complexity index is 1270. The summed E-state index contributed by atoms with van der Waals surface area (Å²) in [6.45, 7) is 3.73. The van der Waals surface area contributed by atoms with Gasteiger partial charge in [0.05, 0.1) is 10.6 Å². The molecule has 1 saturated heterocycles. The molecule has 4 heterocycles. The average Bonchev–Trinajstić information content (AvgIpc) is 3.42. The molecule has 0 saturated carbocycles. The van der Waals surface area contributed by atoms with Crippen molar-refractivity contribution < 1.29 is 9.18 Å². The van der Waals surface area contributed by atoms with E-state index in [0.29, 0.717) is 43.8 Å². The quantitative estimate of drug-likeness (QED) is 0.491. The molecule has 0 atom stereocenters. The number of aryl methyl sites for hydroxylation is 1. The zero-order chi connectivity index (χ0) is 22.2. The van der Waals surface area contributed by atoms with E-state index in [1.807, 2.05) is 36.2 Å². The maximum absolute atomic E-state index is 14.2. The number of carbonyl (C=O) groups excluding carboxylic acids is 1. The first-order valence-electron chi connectivity index (χ1n) is 10.1. The smallest absolute Gasteiger partial charge is 0.258 e. The second-order valence-electron chi connectivity index (χ2n) is 7.54. The van der Waals surface area contributed by atoms with Crippen molar-refractivity contribution in [3.8, 4) is 0 Å². The van der Waals surface area contributed by atoms with Gasteiger partial charge in [-0.2, -0.15) is 10.1 Å². The number of benzene rings is 1. The van der Waals surface area contributed by atoms with Gasteiger partial charge in [0, 0.05) is 44.1 Å². The van der Waals surface area contributed by atoms with E-state index in [-0.39, 0.29) is 10.6 Å². The standard InChI is InChI=1S/C21H20ClFN8O/c1-13-12-17(27-26-13)24-19-16-6-3-7-31(16)28-21(25-19)30-10-8-29(9-11-30)20(32)18-14(22)4-2-5-15(18)23/h2-7,12H,8-11H2,1H3,(H2,24,25,26,27,28). The van der Waals surface area contributed by atoms with Gasteiger partial charge in [0.15, 0.2) is 11.6 Å². The van der Waals surface area contributed by atoms with Gasteiger partial charge in [0.2, 0.25) is 5.95 Å². The first kappa shape index (κ1) is 20.3. The Labute approximate surface area is 187 Å². The zero-order valence-corrected chi connectivity index (χ0v) is 18.0. The van der Waals surface area contributed by atoms with Crippen molar-refractivity contribution in [1.29, 1.82) is 0 Å². The fourth-order valence-electron chi connectivity index (χ4n) is 3.72. The molecule has 1 aromatic carbocycles. The molecule has 0 unspecified atom stereocenters. The summed E-state index contributed by atoms with van der Waals surface area (Å²) in [6.07, 6.45) is 1.85. The fraction of sp³-hybridized carbons (Fsp3) is 0.238. The zero-order valence-electron chi connectivity index (χ0n) is 17.2. The summed E-state index contributed by atoms with van der Waals surface area (Å²) in [5.41, 5.74) is 1.66. The number of hydrogen-bond donors (Lipinski definition) is 2. The van der Waals surface area contributed by atoms with Crippen molar-refractivity contribution in [1.82, 2.24) is 29.7 Å². The lowest BCUT2D eigenvalue weighted by atomic mass is 10.1. The first-order valence-corrected chi connectivity index (χ1v) is 10.5. The van der Waals surface area contributed by atoms with Crippen LogP contribution >= 0.6 is 11.6 Å². The second kappa shape index (κ2) is 8.12. The minimum absolute atomic E-state index is 0.0894. The molecule has 32 heavy (non-hydrogen) atoms. The number of rotatable bonds is 4. The minimum atomic E-state index is -0.615. The van der Waals surface area contributed by atoms with E-state index < -0.39 is 11.7 Å². The Hall–Kier alpha value is -3.66. The average molecular weight is 455 g/mol. The molecule has 0 spiro atoms. The van der Waals surface area contributed by atoms with E-state index in [1.54, 1.807) is 9.42 Å². The summed E-state index contributed by atoms with van der Waals surface area (Å²) < 4.78 is 15.9. The number of anilines is 3. The molecular weight excluding hydrogens is 435 g/mol. The van der Waals surface area contributed by atoms with Crippen LogP contribution in [0, 0.1) is 12.7 Å². The molecule has 0 bridgehead atoms. The molecule has 2 N–H and O–H groups in total. The Balaban J connectivity index is 1.35. The van der Waals surface area contributed by atoms with Crippen molar-refractivity contribution >= 4 is 40.6 Å². The summed E-state index contributed by atoms with van der Waals surface area (Å²) in [4.78, 5) is 21.1. The highest BCUT2D eigenvalue weighted by Crippen LogP contribution is 2.24. The van der Waals surface area contributed by atoms with E-state index in [9.17, 15) is 9.18 Å². The molecule has 164 valence electrons. The molecule has 1 aliphatic rings. The third-order valence-corrected chi connectivity index (χ3v) is 5.67. The molecular formula is C21H20ClFN8O. The molecule has 1 aliphatic heterocycles. The number of halogens is 2. The van der Waals surface area contributed by atoms with Crippen molar-refractivity contribution in [2.45, 2.75) is 6.92 Å². The number of H-pyrrole nitrogens is 1. The number of carbonyl (C=O) groups is 1. The van der Waals surface area contributed by atoms with Crippen LogP contribution in [0.1, 0.15) is 16.1 Å². The van der Waals surface area contributed by atoms with Crippen LogP contribution in [0.25, 0.3) is 5.52 Å². The summed E-state index contributed by atoms with van der Waals surface area (Å²) >= 11 is 6.06. The lowest BCUT2D eigenvalue weighted by molar-refractivity contribution is 0.0741. The molecule has 3 aromatic heterocycles. The highest BCUT2D eigenvalue weighted by Gasteiger charge is 2.27. The van der Waals surface area contributed by atoms with Crippen molar-refractivity contribution in [2.24, 2.45) is 0 Å². The molecule has 11 heteroatoms. The first-order chi connectivity index (χ1) is 15.5. The van der Waals surface area contributed by atoms with Crippen LogP contribution in [0.3, 0.4) is 0 Å². The number of piperazine rings is 1. The van der Waals surface area contributed by atoms with Gasteiger partial charge in [-0.15, -0.1) is 5.10 Å². The number of fused-ring (bicyclic) bond motifs is 1. The van der Waals surface area contributed by atoms with Crippen LogP contribution in [0.15, 0.2) is 42.6 Å². The fourth-order valence-corrected chi connectivity index (χ4v) is 3.97. The number of aromatic amines is 1. The predicted molar refractivity (Wildman–Crippen MR) is 119 cm³/mol. The number of aromatic nitrogens is 5. The molecule has 9 nitrogen and oxygen atoms in total. The van der Waals surface area contributed by atoms with Gasteiger partial charge in [-0.25, -0.2) is 8.91 Å². The van der Waals surface area contributed by atoms with Crippen molar-refractivity contribution in [2.75, 3.05) is 36.4 Å². The van der Waals surface area contributed by atoms with E-state index in [2.05, 4.69) is 20.6 Å². The largest absolute Gasteiger partial charge is 0.336 e. The van der Waals surface area contributed by atoms with Gasteiger partial charge >= 0.3 is 0 Å². The number of nitrogens with zero attached hydrogens (tertiary/aromatic N) is 6. The van der Waals surface area contributed by atoms with Crippen LogP contribution in [0.5, 0.6) is 0 Å². The predicted octanol–water partition coefficient (Wildman–Crippen LogP) is 3.26. The Morgan fingerprint density at radius 2 is 2.00 bits per heavy atom. The van der Waals surface area contributed by atoms with Gasteiger partial charge in [-0.1, -0.05) is 17.7 Å². The molecule has 4 aromatic rings. The summed E-state index contributed by atoms with van der Waals surface area (Å²) in [5.74, 6) is 0.788. The van der Waals surface area contributed by atoms with E-state index in [4.69, 9.17) is 16.6 Å². The minimum Gasteiger partial charge on any atom is -0.336 e. The van der Waals surface area contributed by atoms with E-state index in [0.717, 1.165) is 11.2 Å². The maximum atomic E-state index is 14.2. The van der Waals surface area contributed by atoms with Gasteiger partial charge in [0.1, 0.15) is 11.3 Å². The molecule has 1 fully saturated rings. The topological polar surface area (TPSA) is 94.5 Å². The highest BCUT2D eigenvalue weighted by atomic mass is 35.5. The Kier molecular flexibility index (Phi) is 5.14. The van der Waals surface area contributed by atoms with Gasteiger partial charge in [0.25, 0.3) is 5.91 Å². The lowest BCUT2D eigenvalue weighted by Gasteiger charge is -2.35. The Morgan fingerprint density at radius 1 is 1.19 bits per heavy atom. The molecule has 1 amide bonds. The normalized spacial score (nSPS) is 14.2. The van der Waals surface area contributed by atoms with Crippen LogP contribution in [0.2, 0.25) is 5.02 Å². The van der Waals surface area contributed by atoms with Gasteiger partial charge in [-0.3, -0.25) is 9.89 Å². The van der Waals surface area contributed by atoms with Crippen LogP contribution in [-0.4, -0.2) is 61.8 Å². The Morgan fingerprint density at radius 3 is 2.72 bits per heavy atom. The van der Waals surface area contributed by atoms with E-state index in [1.165, 1.54) is 18.2 Å². The molecule has 5 rings (SSSR count). The number of amides is 1.